The summed E-state index contributed by atoms with van der Waals surface area (Å²) in [5.74, 6) is -0.121. The van der Waals surface area contributed by atoms with E-state index in [2.05, 4.69) is 9.97 Å². The number of carbonyl (C=O) groups is 1. The number of esters is 1. The number of hydrogen-bond acceptors (Lipinski definition) is 7. The number of fused-ring (bicyclic) bond motifs is 1. The van der Waals surface area contributed by atoms with E-state index in [0.29, 0.717) is 21.6 Å². The van der Waals surface area contributed by atoms with Crippen LogP contribution < -0.4 is 5.56 Å². The first-order chi connectivity index (χ1) is 12.7. The molecule has 0 aliphatic carbocycles. The number of aromatic nitrogens is 2. The minimum absolute atomic E-state index is 0.0903. The molecule has 0 amide bonds. The van der Waals surface area contributed by atoms with Crippen LogP contribution in [0.1, 0.15) is 15.6 Å². The number of hydrogen-bond donors (Lipinski definition) is 1. The zero-order valence-corrected chi connectivity index (χ0v) is 15.7. The van der Waals surface area contributed by atoms with Crippen LogP contribution in [-0.2, 0) is 16.1 Å². The monoisotopic (exact) mass is 400 g/mol. The molecule has 0 aromatic carbocycles. The highest BCUT2D eigenvalue weighted by Crippen LogP contribution is 2.26. The van der Waals surface area contributed by atoms with Gasteiger partial charge in [0, 0.05) is 9.75 Å². The predicted octanol–water partition coefficient (Wildman–Crippen LogP) is 4.39. The van der Waals surface area contributed by atoms with Crippen molar-refractivity contribution in [2.45, 2.75) is 6.61 Å². The molecule has 0 unspecified atom stereocenters. The number of H-pyrrole nitrogens is 1. The van der Waals surface area contributed by atoms with Crippen molar-refractivity contribution in [2.75, 3.05) is 0 Å². The van der Waals surface area contributed by atoms with Crippen LogP contribution >= 0.6 is 34.0 Å². The second kappa shape index (κ2) is 7.36. The first kappa shape index (κ1) is 16.9. The van der Waals surface area contributed by atoms with Crippen molar-refractivity contribution in [3.05, 3.63) is 72.4 Å². The Morgan fingerprint density at radius 2 is 1.96 bits per heavy atom. The van der Waals surface area contributed by atoms with Crippen molar-refractivity contribution in [1.29, 1.82) is 0 Å². The Bertz CT molecular complexity index is 1120. The molecule has 8 heteroatoms. The van der Waals surface area contributed by atoms with E-state index < -0.39 is 5.97 Å². The van der Waals surface area contributed by atoms with Gasteiger partial charge in [-0.05, 0) is 40.4 Å². The fourth-order valence-electron chi connectivity index (χ4n) is 2.38. The van der Waals surface area contributed by atoms with Gasteiger partial charge >= 0.3 is 5.97 Å². The highest BCUT2D eigenvalue weighted by molar-refractivity contribution is 7.17. The molecular formula is C18H12N2O3S3. The van der Waals surface area contributed by atoms with Crippen molar-refractivity contribution in [3.63, 3.8) is 0 Å². The number of rotatable bonds is 5. The van der Waals surface area contributed by atoms with Gasteiger partial charge in [-0.3, -0.25) is 4.79 Å². The van der Waals surface area contributed by atoms with Crippen LogP contribution in [0.2, 0.25) is 0 Å². The lowest BCUT2D eigenvalue weighted by Crippen LogP contribution is -2.14. The summed E-state index contributed by atoms with van der Waals surface area (Å²) in [5.41, 5.74) is 0.877. The van der Waals surface area contributed by atoms with E-state index in [-0.39, 0.29) is 12.2 Å². The lowest BCUT2D eigenvalue weighted by molar-refractivity contribution is -0.138. The smallest absolute Gasteiger partial charge is 0.340 e. The zero-order valence-electron chi connectivity index (χ0n) is 13.3. The van der Waals surface area contributed by atoms with Gasteiger partial charge in [0.2, 0.25) is 0 Å². The molecule has 1 N–H and O–H groups in total. The summed E-state index contributed by atoms with van der Waals surface area (Å²) >= 11 is 4.35. The molecule has 0 bridgehead atoms. The summed E-state index contributed by atoms with van der Waals surface area (Å²) in [6.45, 7) is -0.0903. The van der Waals surface area contributed by atoms with Crippen LogP contribution in [0.4, 0.5) is 0 Å². The number of thiophene rings is 3. The first-order valence-electron chi connectivity index (χ1n) is 7.63. The maximum atomic E-state index is 12.6. The molecule has 0 aliphatic heterocycles. The summed E-state index contributed by atoms with van der Waals surface area (Å²) in [5, 5.41) is 5.67. The van der Waals surface area contributed by atoms with E-state index in [4.69, 9.17) is 4.74 Å². The molecule has 0 atom stereocenters. The van der Waals surface area contributed by atoms with Crippen molar-refractivity contribution in [1.82, 2.24) is 9.97 Å². The highest BCUT2D eigenvalue weighted by atomic mass is 32.1. The average Bonchev–Trinajstić information content (AvgIpc) is 3.39. The Morgan fingerprint density at radius 3 is 2.73 bits per heavy atom. The number of nitrogens with zero attached hydrogens (tertiary/aromatic N) is 1. The molecular weight excluding hydrogens is 388 g/mol. The molecule has 0 aliphatic rings. The second-order valence-electron chi connectivity index (χ2n) is 5.27. The highest BCUT2D eigenvalue weighted by Gasteiger charge is 2.16. The SMILES string of the molecule is O=C(OCc1nc2ccsc2c(=O)[nH]1)/C(=C/c1cccs1)c1cccs1. The van der Waals surface area contributed by atoms with Crippen LogP contribution in [0.15, 0.2) is 51.3 Å². The molecule has 0 saturated carbocycles. The summed E-state index contributed by atoms with van der Waals surface area (Å²) in [4.78, 5) is 33.4. The van der Waals surface area contributed by atoms with Gasteiger partial charge < -0.3 is 9.72 Å². The molecule has 4 heterocycles. The second-order valence-corrected chi connectivity index (χ2v) is 8.12. The van der Waals surface area contributed by atoms with E-state index >= 15 is 0 Å². The molecule has 0 spiro atoms. The molecule has 26 heavy (non-hydrogen) atoms. The van der Waals surface area contributed by atoms with Gasteiger partial charge in [0.25, 0.3) is 5.56 Å². The maximum absolute atomic E-state index is 12.6. The van der Waals surface area contributed by atoms with Crippen molar-refractivity contribution >= 4 is 61.8 Å². The van der Waals surface area contributed by atoms with Gasteiger partial charge in [-0.25, -0.2) is 9.78 Å². The van der Waals surface area contributed by atoms with Crippen molar-refractivity contribution in [2.24, 2.45) is 0 Å². The molecule has 0 fully saturated rings. The third kappa shape index (κ3) is 3.52. The Labute approximate surface area is 160 Å². The summed E-state index contributed by atoms with van der Waals surface area (Å²) in [7, 11) is 0. The van der Waals surface area contributed by atoms with Crippen LogP contribution in [0.25, 0.3) is 21.9 Å². The molecule has 4 aromatic heterocycles. The maximum Gasteiger partial charge on any atom is 0.340 e. The van der Waals surface area contributed by atoms with Crippen LogP contribution in [-0.4, -0.2) is 15.9 Å². The van der Waals surface area contributed by atoms with Gasteiger partial charge in [0.15, 0.2) is 0 Å². The first-order valence-corrected chi connectivity index (χ1v) is 10.3. The van der Waals surface area contributed by atoms with E-state index in [1.54, 1.807) is 22.8 Å². The van der Waals surface area contributed by atoms with Crippen molar-refractivity contribution < 1.29 is 9.53 Å². The molecule has 4 rings (SSSR count). The largest absolute Gasteiger partial charge is 0.454 e. The van der Waals surface area contributed by atoms with Crippen LogP contribution in [0, 0.1) is 0 Å². The normalized spacial score (nSPS) is 11.8. The number of nitrogens with one attached hydrogen (secondary N) is 1. The van der Waals surface area contributed by atoms with E-state index in [0.717, 1.165) is 9.75 Å². The predicted molar refractivity (Wildman–Crippen MR) is 107 cm³/mol. The Kier molecular flexibility index (Phi) is 4.79. The topological polar surface area (TPSA) is 72.0 Å². The molecule has 0 radical (unpaired) electrons. The average molecular weight is 401 g/mol. The van der Waals surface area contributed by atoms with Gasteiger partial charge in [0.1, 0.15) is 17.1 Å². The minimum atomic E-state index is -0.450. The Morgan fingerprint density at radius 1 is 1.12 bits per heavy atom. The standard InChI is InChI=1S/C18H12N2O3S3/c21-17-16-13(5-8-26-16)19-15(20-17)10-23-18(22)12(14-4-2-7-25-14)9-11-3-1-6-24-11/h1-9H,10H2,(H,19,20,21)/b12-9+. The lowest BCUT2D eigenvalue weighted by atomic mass is 10.2. The summed E-state index contributed by atoms with van der Waals surface area (Å²) < 4.78 is 5.98. The third-order valence-electron chi connectivity index (χ3n) is 3.54. The molecule has 0 saturated heterocycles. The van der Waals surface area contributed by atoms with Gasteiger partial charge in [-0.2, -0.15) is 0 Å². The molecule has 5 nitrogen and oxygen atoms in total. The van der Waals surface area contributed by atoms with E-state index in [1.807, 2.05) is 41.1 Å². The van der Waals surface area contributed by atoms with Gasteiger partial charge in [0.05, 0.1) is 11.1 Å². The minimum Gasteiger partial charge on any atom is -0.454 e. The fourth-order valence-corrected chi connectivity index (χ4v) is 4.49. The number of carbonyl (C=O) groups excluding carboxylic acids is 1. The Hall–Kier alpha value is -2.55. The van der Waals surface area contributed by atoms with Crippen LogP contribution in [0.5, 0.6) is 0 Å². The van der Waals surface area contributed by atoms with Crippen molar-refractivity contribution in [3.8, 4) is 0 Å². The molecule has 4 aromatic rings. The number of ether oxygens (including phenoxy) is 1. The van der Waals surface area contributed by atoms with E-state index in [9.17, 15) is 9.59 Å². The fraction of sp³-hybridized carbons (Fsp3) is 0.0556. The van der Waals surface area contributed by atoms with Gasteiger partial charge in [-0.15, -0.1) is 34.0 Å². The summed E-state index contributed by atoms with van der Waals surface area (Å²) in [6.07, 6.45) is 1.82. The zero-order chi connectivity index (χ0) is 17.9. The third-order valence-corrected chi connectivity index (χ3v) is 6.17. The van der Waals surface area contributed by atoms with Crippen LogP contribution in [0.3, 0.4) is 0 Å². The summed E-state index contributed by atoms with van der Waals surface area (Å²) in [6, 6.07) is 9.41. The Balaban J connectivity index is 1.57. The quantitative estimate of drug-likeness (QED) is 0.398. The van der Waals surface area contributed by atoms with E-state index in [1.165, 1.54) is 22.7 Å². The molecule has 130 valence electrons. The number of aromatic amines is 1. The lowest BCUT2D eigenvalue weighted by Gasteiger charge is -2.07. The van der Waals surface area contributed by atoms with Gasteiger partial charge in [-0.1, -0.05) is 12.1 Å².